The van der Waals surface area contributed by atoms with Gasteiger partial charge in [0, 0.05) is 19.0 Å². The van der Waals surface area contributed by atoms with Crippen molar-refractivity contribution in [3.05, 3.63) is 33.9 Å². The summed E-state index contributed by atoms with van der Waals surface area (Å²) < 4.78 is 0. The fourth-order valence-electron chi connectivity index (χ4n) is 1.45. The van der Waals surface area contributed by atoms with E-state index in [0.717, 1.165) is 12.6 Å². The maximum atomic E-state index is 11.6. The van der Waals surface area contributed by atoms with Gasteiger partial charge in [0.1, 0.15) is 5.69 Å². The number of rotatable bonds is 6. The zero-order valence-corrected chi connectivity index (χ0v) is 10.5. The summed E-state index contributed by atoms with van der Waals surface area (Å²) in [6.07, 6.45) is 0.227. The molecule has 0 radical (unpaired) electrons. The minimum absolute atomic E-state index is 0.102. The van der Waals surface area contributed by atoms with E-state index in [1.165, 1.54) is 12.1 Å². The van der Waals surface area contributed by atoms with Crippen LogP contribution in [0.25, 0.3) is 0 Å². The molecular formula is C12H14N4O3. The van der Waals surface area contributed by atoms with Crippen molar-refractivity contribution in [2.24, 2.45) is 0 Å². The van der Waals surface area contributed by atoms with Crippen molar-refractivity contribution < 1.29 is 9.72 Å². The maximum absolute atomic E-state index is 11.6. The molecule has 0 fully saturated rings. The quantitative estimate of drug-likeness (QED) is 0.457. The van der Waals surface area contributed by atoms with Crippen LogP contribution in [0.2, 0.25) is 0 Å². The first-order valence-electron chi connectivity index (χ1n) is 5.77. The zero-order valence-electron chi connectivity index (χ0n) is 10.5. The Labute approximate surface area is 110 Å². The number of carbonyl (C=O) groups is 1. The molecule has 0 aliphatic heterocycles. The second kappa shape index (κ2) is 7.08. The van der Waals surface area contributed by atoms with Gasteiger partial charge in [-0.15, -0.1) is 0 Å². The summed E-state index contributed by atoms with van der Waals surface area (Å²) in [5.41, 5.74) is -0.00121. The predicted octanol–water partition coefficient (Wildman–Crippen LogP) is 1.40. The first kappa shape index (κ1) is 14.6. The van der Waals surface area contributed by atoms with E-state index in [-0.39, 0.29) is 29.3 Å². The molecule has 1 amide bonds. The molecule has 0 spiro atoms. The number of benzene rings is 1. The van der Waals surface area contributed by atoms with Gasteiger partial charge < -0.3 is 10.6 Å². The summed E-state index contributed by atoms with van der Waals surface area (Å²) in [5.74, 6) is -0.311. The van der Waals surface area contributed by atoms with Crippen molar-refractivity contribution in [3.8, 4) is 6.07 Å². The largest absolute Gasteiger partial charge is 0.320 e. The lowest BCUT2D eigenvalue weighted by Gasteiger charge is -2.06. The van der Waals surface area contributed by atoms with E-state index in [9.17, 15) is 14.9 Å². The van der Waals surface area contributed by atoms with E-state index in [4.69, 9.17) is 5.26 Å². The van der Waals surface area contributed by atoms with Crippen molar-refractivity contribution in [2.75, 3.05) is 18.4 Å². The molecular weight excluding hydrogens is 248 g/mol. The second-order valence-electron chi connectivity index (χ2n) is 3.75. The Morgan fingerprint density at radius 3 is 2.84 bits per heavy atom. The number of anilines is 1. The first-order chi connectivity index (χ1) is 9.08. The molecule has 0 aromatic heterocycles. The fourth-order valence-corrected chi connectivity index (χ4v) is 1.45. The molecule has 0 saturated heterocycles. The normalized spacial score (nSPS) is 9.68. The second-order valence-corrected chi connectivity index (χ2v) is 3.75. The number of nitrogens with zero attached hydrogens (tertiary/aromatic N) is 2. The Morgan fingerprint density at radius 1 is 1.53 bits per heavy atom. The number of nitriles is 1. The SMILES string of the molecule is CCNCCC(=O)Nc1ccc(C#N)cc1[N+](=O)[O-]. The molecule has 1 aromatic rings. The van der Waals surface area contributed by atoms with E-state index >= 15 is 0 Å². The van der Waals surface area contributed by atoms with Crippen molar-refractivity contribution in [1.29, 1.82) is 5.26 Å². The standard InChI is InChI=1S/C12H14N4O3/c1-2-14-6-5-12(17)15-10-4-3-9(8-13)7-11(10)16(18)19/h3-4,7,14H,2,5-6H2,1H3,(H,15,17). The molecule has 2 N–H and O–H groups in total. The molecule has 0 atom stereocenters. The van der Waals surface area contributed by atoms with Crippen LogP contribution in [0.3, 0.4) is 0 Å². The van der Waals surface area contributed by atoms with Gasteiger partial charge in [0.05, 0.1) is 16.6 Å². The topological polar surface area (TPSA) is 108 Å². The third-order valence-corrected chi connectivity index (χ3v) is 2.38. The van der Waals surface area contributed by atoms with E-state index in [0.29, 0.717) is 6.54 Å². The number of hydrogen-bond donors (Lipinski definition) is 2. The van der Waals surface area contributed by atoms with Crippen molar-refractivity contribution in [1.82, 2.24) is 5.32 Å². The van der Waals surface area contributed by atoms with E-state index in [1.807, 2.05) is 13.0 Å². The van der Waals surface area contributed by atoms with Crippen LogP contribution >= 0.6 is 0 Å². The van der Waals surface area contributed by atoms with Crippen molar-refractivity contribution in [2.45, 2.75) is 13.3 Å². The minimum atomic E-state index is -0.624. The van der Waals surface area contributed by atoms with Crippen LogP contribution in [-0.2, 0) is 4.79 Å². The zero-order chi connectivity index (χ0) is 14.3. The average Bonchev–Trinajstić information content (AvgIpc) is 2.39. The van der Waals surface area contributed by atoms with Gasteiger partial charge in [-0.25, -0.2) is 0 Å². The molecule has 0 heterocycles. The Balaban J connectivity index is 2.80. The van der Waals surface area contributed by atoms with Crippen LogP contribution in [-0.4, -0.2) is 23.9 Å². The smallest absolute Gasteiger partial charge is 0.294 e. The number of nitro benzene ring substituents is 1. The lowest BCUT2D eigenvalue weighted by molar-refractivity contribution is -0.383. The van der Waals surface area contributed by atoms with Gasteiger partial charge in [-0.05, 0) is 18.7 Å². The number of nitrogens with one attached hydrogen (secondary N) is 2. The van der Waals surface area contributed by atoms with Crippen LogP contribution in [0.4, 0.5) is 11.4 Å². The molecule has 100 valence electrons. The van der Waals surface area contributed by atoms with Gasteiger partial charge in [-0.1, -0.05) is 6.92 Å². The average molecular weight is 262 g/mol. The molecule has 0 aliphatic carbocycles. The first-order valence-corrected chi connectivity index (χ1v) is 5.77. The number of amides is 1. The van der Waals surface area contributed by atoms with Crippen molar-refractivity contribution >= 4 is 17.3 Å². The summed E-state index contributed by atoms with van der Waals surface area (Å²) in [4.78, 5) is 21.8. The summed E-state index contributed by atoms with van der Waals surface area (Å²) in [5, 5.41) is 25.0. The van der Waals surface area contributed by atoms with Crippen LogP contribution in [0.15, 0.2) is 18.2 Å². The Bertz CT molecular complexity index is 522. The molecule has 7 nitrogen and oxygen atoms in total. The van der Waals surface area contributed by atoms with Gasteiger partial charge in [0.15, 0.2) is 0 Å². The molecule has 0 saturated carbocycles. The highest BCUT2D eigenvalue weighted by molar-refractivity contribution is 5.93. The van der Waals surface area contributed by atoms with Crippen molar-refractivity contribution in [3.63, 3.8) is 0 Å². The monoisotopic (exact) mass is 262 g/mol. The molecule has 0 unspecified atom stereocenters. The molecule has 7 heteroatoms. The Kier molecular flexibility index (Phi) is 5.44. The summed E-state index contributed by atoms with van der Waals surface area (Å²) in [7, 11) is 0. The summed E-state index contributed by atoms with van der Waals surface area (Å²) >= 11 is 0. The van der Waals surface area contributed by atoms with E-state index < -0.39 is 4.92 Å². The van der Waals surface area contributed by atoms with Gasteiger partial charge in [-0.2, -0.15) is 5.26 Å². The number of nitro groups is 1. The predicted molar refractivity (Wildman–Crippen MR) is 69.6 cm³/mol. The van der Waals surface area contributed by atoms with E-state index in [2.05, 4.69) is 10.6 Å². The summed E-state index contributed by atoms with van der Waals surface area (Å²) in [6, 6.07) is 5.74. The fraction of sp³-hybridized carbons (Fsp3) is 0.333. The molecule has 19 heavy (non-hydrogen) atoms. The van der Waals surface area contributed by atoms with Crippen LogP contribution in [0.1, 0.15) is 18.9 Å². The molecule has 1 aromatic carbocycles. The highest BCUT2D eigenvalue weighted by Crippen LogP contribution is 2.25. The lowest BCUT2D eigenvalue weighted by atomic mass is 10.2. The number of hydrogen-bond acceptors (Lipinski definition) is 5. The Morgan fingerprint density at radius 2 is 2.26 bits per heavy atom. The molecule has 0 bridgehead atoms. The van der Waals surface area contributed by atoms with E-state index in [1.54, 1.807) is 0 Å². The Hall–Kier alpha value is -2.46. The van der Waals surface area contributed by atoms with Gasteiger partial charge in [0.2, 0.25) is 5.91 Å². The highest BCUT2D eigenvalue weighted by Gasteiger charge is 2.16. The molecule has 1 rings (SSSR count). The molecule has 0 aliphatic rings. The van der Waals surface area contributed by atoms with Crippen LogP contribution in [0, 0.1) is 21.4 Å². The third-order valence-electron chi connectivity index (χ3n) is 2.38. The van der Waals surface area contributed by atoms with Gasteiger partial charge in [0.25, 0.3) is 5.69 Å². The number of carbonyl (C=O) groups excluding carboxylic acids is 1. The summed E-state index contributed by atoms with van der Waals surface area (Å²) in [6.45, 7) is 3.18. The van der Waals surface area contributed by atoms with Crippen LogP contribution in [0.5, 0.6) is 0 Å². The van der Waals surface area contributed by atoms with Gasteiger partial charge in [-0.3, -0.25) is 14.9 Å². The minimum Gasteiger partial charge on any atom is -0.320 e. The lowest BCUT2D eigenvalue weighted by Crippen LogP contribution is -2.21. The third kappa shape index (κ3) is 4.37. The highest BCUT2D eigenvalue weighted by atomic mass is 16.6. The van der Waals surface area contributed by atoms with Gasteiger partial charge >= 0.3 is 0 Å². The maximum Gasteiger partial charge on any atom is 0.294 e. The van der Waals surface area contributed by atoms with Crippen LogP contribution < -0.4 is 10.6 Å².